The van der Waals surface area contributed by atoms with Gasteiger partial charge < -0.3 is 4.90 Å². The van der Waals surface area contributed by atoms with Gasteiger partial charge in [-0.25, -0.2) is 0 Å². The fourth-order valence-electron chi connectivity index (χ4n) is 7.85. The summed E-state index contributed by atoms with van der Waals surface area (Å²) in [5, 5.41) is 7.72. The first-order valence-electron chi connectivity index (χ1n) is 17.8. The predicted molar refractivity (Wildman–Crippen MR) is 225 cm³/mol. The molecular weight excluding hydrogens is 647 g/mol. The lowest BCUT2D eigenvalue weighted by molar-refractivity contribution is 1.28. The number of nitrogens with zero attached hydrogens (tertiary/aromatic N) is 1. The van der Waals surface area contributed by atoms with E-state index in [9.17, 15) is 0 Å². The molecule has 0 fully saturated rings. The molecule has 0 saturated carbocycles. The van der Waals surface area contributed by atoms with Gasteiger partial charge in [-0.1, -0.05) is 152 Å². The van der Waals surface area contributed by atoms with Gasteiger partial charge in [0.05, 0.1) is 0 Å². The number of benzene rings is 9. The highest BCUT2D eigenvalue weighted by Crippen LogP contribution is 2.44. The molecule has 0 radical (unpaired) electrons. The van der Waals surface area contributed by atoms with Crippen molar-refractivity contribution in [2.45, 2.75) is 0 Å². The number of hydrogen-bond donors (Lipinski definition) is 0. The molecule has 10 rings (SSSR count). The summed E-state index contributed by atoms with van der Waals surface area (Å²) in [5.74, 6) is 0. The van der Waals surface area contributed by atoms with Crippen molar-refractivity contribution in [1.82, 2.24) is 0 Å². The number of fused-ring (bicyclic) bond motifs is 6. The van der Waals surface area contributed by atoms with Gasteiger partial charge in [0.2, 0.25) is 0 Å². The quantitative estimate of drug-likeness (QED) is 0.158. The minimum absolute atomic E-state index is 1.11. The highest BCUT2D eigenvalue weighted by Gasteiger charge is 2.17. The van der Waals surface area contributed by atoms with E-state index in [1.807, 2.05) is 11.3 Å². The molecule has 9 aromatic carbocycles. The Morgan fingerprint density at radius 3 is 1.75 bits per heavy atom. The molecule has 10 aromatic rings. The monoisotopic (exact) mass is 679 g/mol. The zero-order valence-electron chi connectivity index (χ0n) is 28.4. The Labute approximate surface area is 307 Å². The zero-order valence-corrected chi connectivity index (χ0v) is 29.2. The second-order valence-corrected chi connectivity index (χ2v) is 14.3. The number of rotatable bonds is 6. The van der Waals surface area contributed by atoms with E-state index in [2.05, 4.69) is 205 Å². The molecule has 0 amide bonds. The van der Waals surface area contributed by atoms with Crippen molar-refractivity contribution in [2.75, 3.05) is 4.90 Å². The summed E-state index contributed by atoms with van der Waals surface area (Å²) in [6.45, 7) is 0. The van der Waals surface area contributed by atoms with E-state index in [-0.39, 0.29) is 0 Å². The van der Waals surface area contributed by atoms with Crippen LogP contribution in [0, 0.1) is 0 Å². The summed E-state index contributed by atoms with van der Waals surface area (Å²) in [5.41, 5.74) is 10.7. The second-order valence-electron chi connectivity index (χ2n) is 13.3. The molecule has 0 N–H and O–H groups in total. The van der Waals surface area contributed by atoms with Crippen molar-refractivity contribution in [3.05, 3.63) is 200 Å². The zero-order chi connectivity index (χ0) is 34.4. The Balaban J connectivity index is 1.08. The van der Waals surface area contributed by atoms with Crippen molar-refractivity contribution in [3.63, 3.8) is 0 Å². The van der Waals surface area contributed by atoms with Gasteiger partial charge in [0, 0.05) is 42.8 Å². The largest absolute Gasteiger partial charge is 0.310 e. The van der Waals surface area contributed by atoms with Gasteiger partial charge in [-0.05, 0) is 97.9 Å². The molecule has 0 aliphatic rings. The number of anilines is 3. The van der Waals surface area contributed by atoms with Gasteiger partial charge in [0.15, 0.2) is 0 Å². The van der Waals surface area contributed by atoms with Gasteiger partial charge in [-0.3, -0.25) is 0 Å². The SMILES string of the molecule is c1ccc(N(c2ccc(-c3ccccc3-c3cccc4c3sc3ccccc34)cc2)c2cccc(-c3cc4ccccc4c4ccccc34)c2)cc1. The third-order valence-corrected chi connectivity index (χ3v) is 11.5. The van der Waals surface area contributed by atoms with Crippen LogP contribution >= 0.6 is 11.3 Å². The van der Waals surface area contributed by atoms with Crippen LogP contribution in [-0.2, 0) is 0 Å². The number of para-hydroxylation sites is 1. The topological polar surface area (TPSA) is 3.24 Å². The average Bonchev–Trinajstić information content (AvgIpc) is 3.61. The summed E-state index contributed by atoms with van der Waals surface area (Å²) in [6.07, 6.45) is 0. The molecule has 0 unspecified atom stereocenters. The second kappa shape index (κ2) is 12.7. The molecule has 2 heteroatoms. The first kappa shape index (κ1) is 30.4. The van der Waals surface area contributed by atoms with E-state index in [1.165, 1.54) is 75.1 Å². The maximum Gasteiger partial charge on any atom is 0.0467 e. The fraction of sp³-hybridized carbons (Fsp3) is 0. The van der Waals surface area contributed by atoms with E-state index in [0.29, 0.717) is 0 Å². The van der Waals surface area contributed by atoms with Gasteiger partial charge in [-0.15, -0.1) is 11.3 Å². The Bertz CT molecular complexity index is 2900. The first-order valence-corrected chi connectivity index (χ1v) is 18.6. The lowest BCUT2D eigenvalue weighted by Crippen LogP contribution is -2.09. The van der Waals surface area contributed by atoms with E-state index in [4.69, 9.17) is 0 Å². The van der Waals surface area contributed by atoms with Crippen molar-refractivity contribution in [3.8, 4) is 33.4 Å². The van der Waals surface area contributed by atoms with Gasteiger partial charge in [0.25, 0.3) is 0 Å². The molecule has 0 spiro atoms. The van der Waals surface area contributed by atoms with Gasteiger partial charge in [0.1, 0.15) is 0 Å². The van der Waals surface area contributed by atoms with Gasteiger partial charge >= 0.3 is 0 Å². The van der Waals surface area contributed by atoms with E-state index in [1.54, 1.807) is 0 Å². The van der Waals surface area contributed by atoms with E-state index >= 15 is 0 Å². The highest BCUT2D eigenvalue weighted by atomic mass is 32.1. The molecule has 0 bridgehead atoms. The minimum atomic E-state index is 1.11. The Kier molecular flexibility index (Phi) is 7.41. The summed E-state index contributed by atoms with van der Waals surface area (Å²) < 4.78 is 2.66. The average molecular weight is 680 g/mol. The molecular formula is C50H33NS. The molecule has 52 heavy (non-hydrogen) atoms. The Morgan fingerprint density at radius 1 is 0.308 bits per heavy atom. The van der Waals surface area contributed by atoms with E-state index < -0.39 is 0 Å². The predicted octanol–water partition coefficient (Wildman–Crippen LogP) is 14.8. The number of hydrogen-bond acceptors (Lipinski definition) is 2. The molecule has 1 aromatic heterocycles. The molecule has 0 atom stereocenters. The fourth-order valence-corrected chi connectivity index (χ4v) is 9.08. The van der Waals surface area contributed by atoms with Crippen LogP contribution in [-0.4, -0.2) is 0 Å². The summed E-state index contributed by atoms with van der Waals surface area (Å²) in [7, 11) is 0. The lowest BCUT2D eigenvalue weighted by Gasteiger charge is -2.26. The normalized spacial score (nSPS) is 11.5. The number of thiophene rings is 1. The molecule has 1 heterocycles. The van der Waals surface area contributed by atoms with Crippen LogP contribution in [0.4, 0.5) is 17.1 Å². The lowest BCUT2D eigenvalue weighted by atomic mass is 9.93. The van der Waals surface area contributed by atoms with Crippen LogP contribution in [0.25, 0.3) is 75.1 Å². The van der Waals surface area contributed by atoms with Crippen molar-refractivity contribution < 1.29 is 0 Å². The van der Waals surface area contributed by atoms with Gasteiger partial charge in [-0.2, -0.15) is 0 Å². The van der Waals surface area contributed by atoms with Crippen LogP contribution in [0.1, 0.15) is 0 Å². The van der Waals surface area contributed by atoms with E-state index in [0.717, 1.165) is 17.1 Å². The van der Waals surface area contributed by atoms with Crippen LogP contribution in [0.15, 0.2) is 200 Å². The van der Waals surface area contributed by atoms with Crippen molar-refractivity contribution in [2.24, 2.45) is 0 Å². The summed E-state index contributed by atoms with van der Waals surface area (Å²) >= 11 is 1.88. The minimum Gasteiger partial charge on any atom is -0.310 e. The van der Waals surface area contributed by atoms with Crippen LogP contribution < -0.4 is 4.90 Å². The molecule has 1 nitrogen and oxygen atoms in total. The van der Waals surface area contributed by atoms with Crippen molar-refractivity contribution in [1.29, 1.82) is 0 Å². The van der Waals surface area contributed by atoms with Crippen LogP contribution in [0.3, 0.4) is 0 Å². The Morgan fingerprint density at radius 2 is 0.904 bits per heavy atom. The standard InChI is InChI=1S/C50H33NS/c1-2-16-37(17-3-1)51(39-18-12-15-35(32-39)48-33-36-14-4-5-20-41(36)42-21-8-9-23-44(42)48)38-30-28-34(29-31-38)40-19-6-7-22-43(40)46-25-13-26-47-45-24-10-11-27-49(45)52-50(46)47/h1-33H. The third kappa shape index (κ3) is 5.16. The maximum absolute atomic E-state index is 2.36. The maximum atomic E-state index is 2.36. The molecule has 0 aliphatic carbocycles. The first-order chi connectivity index (χ1) is 25.8. The third-order valence-electron chi connectivity index (χ3n) is 10.3. The van der Waals surface area contributed by atoms with Crippen molar-refractivity contribution >= 4 is 70.1 Å². The Hall–Kier alpha value is -6.48. The highest BCUT2D eigenvalue weighted by molar-refractivity contribution is 7.26. The van der Waals surface area contributed by atoms with Crippen LogP contribution in [0.5, 0.6) is 0 Å². The smallest absolute Gasteiger partial charge is 0.0467 e. The van der Waals surface area contributed by atoms with Crippen LogP contribution in [0.2, 0.25) is 0 Å². The molecule has 0 aliphatic heterocycles. The molecule has 0 saturated heterocycles. The summed E-state index contributed by atoms with van der Waals surface area (Å²) in [6, 6.07) is 72.8. The molecule has 244 valence electrons. The summed E-state index contributed by atoms with van der Waals surface area (Å²) in [4.78, 5) is 2.36.